The third kappa shape index (κ3) is 3.08. The molecule has 2 N–H and O–H groups in total. The van der Waals surface area contributed by atoms with Gasteiger partial charge in [-0.15, -0.1) is 0 Å². The van der Waals surface area contributed by atoms with Gasteiger partial charge in [-0.2, -0.15) is 5.10 Å². The summed E-state index contributed by atoms with van der Waals surface area (Å²) < 4.78 is 0. The van der Waals surface area contributed by atoms with Crippen molar-refractivity contribution in [3.8, 4) is 0 Å². The highest BCUT2D eigenvalue weighted by molar-refractivity contribution is 6.33. The minimum atomic E-state index is -0.151. The SMILES string of the molecule is CN(C)C[C@@H]1CN(C(=O)c2[nH]ncc2Cl)C[C@@H]1CO. The number of nitrogens with zero attached hydrogens (tertiary/aromatic N) is 3. The molecule has 2 heterocycles. The Morgan fingerprint density at radius 1 is 1.58 bits per heavy atom. The summed E-state index contributed by atoms with van der Waals surface area (Å²) in [6.07, 6.45) is 1.42. The van der Waals surface area contributed by atoms with Crippen LogP contribution in [0.1, 0.15) is 10.5 Å². The molecule has 1 aromatic heterocycles. The van der Waals surface area contributed by atoms with Crippen molar-refractivity contribution in [3.05, 3.63) is 16.9 Å². The Bertz CT molecular complexity index is 449. The fraction of sp³-hybridized carbons (Fsp3) is 0.667. The summed E-state index contributed by atoms with van der Waals surface area (Å²) in [5, 5.41) is 16.1. The Hall–Kier alpha value is -1.11. The van der Waals surface area contributed by atoms with Gasteiger partial charge in [-0.05, 0) is 20.0 Å². The van der Waals surface area contributed by atoms with Gasteiger partial charge in [-0.25, -0.2) is 0 Å². The highest BCUT2D eigenvalue weighted by Gasteiger charge is 2.36. The molecule has 1 saturated heterocycles. The molecule has 1 aliphatic rings. The number of carbonyl (C=O) groups excluding carboxylic acids is 1. The van der Waals surface area contributed by atoms with Gasteiger partial charge in [0.15, 0.2) is 0 Å². The lowest BCUT2D eigenvalue weighted by molar-refractivity contribution is 0.0774. The molecule has 19 heavy (non-hydrogen) atoms. The van der Waals surface area contributed by atoms with Gasteiger partial charge >= 0.3 is 0 Å². The van der Waals surface area contributed by atoms with Gasteiger partial charge in [0.05, 0.1) is 11.2 Å². The van der Waals surface area contributed by atoms with E-state index in [9.17, 15) is 9.90 Å². The van der Waals surface area contributed by atoms with E-state index in [1.54, 1.807) is 4.90 Å². The van der Waals surface area contributed by atoms with Crippen LogP contribution in [0.3, 0.4) is 0 Å². The predicted octanol–water partition coefficient (Wildman–Crippen LogP) is 0.305. The molecule has 1 aromatic rings. The van der Waals surface area contributed by atoms with Crippen molar-refractivity contribution in [2.75, 3.05) is 40.3 Å². The van der Waals surface area contributed by atoms with Gasteiger partial charge in [0, 0.05) is 32.2 Å². The van der Waals surface area contributed by atoms with E-state index < -0.39 is 0 Å². The van der Waals surface area contributed by atoms with Crippen molar-refractivity contribution in [2.45, 2.75) is 0 Å². The summed E-state index contributed by atoms with van der Waals surface area (Å²) in [4.78, 5) is 16.1. The van der Waals surface area contributed by atoms with Crippen LogP contribution in [0.4, 0.5) is 0 Å². The molecule has 0 unspecified atom stereocenters. The highest BCUT2D eigenvalue weighted by Crippen LogP contribution is 2.26. The van der Waals surface area contributed by atoms with E-state index in [0.717, 1.165) is 6.54 Å². The van der Waals surface area contributed by atoms with Crippen molar-refractivity contribution in [1.82, 2.24) is 20.0 Å². The number of aromatic nitrogens is 2. The molecule has 0 spiro atoms. The topological polar surface area (TPSA) is 72.5 Å². The van der Waals surface area contributed by atoms with Crippen molar-refractivity contribution in [3.63, 3.8) is 0 Å². The number of aliphatic hydroxyl groups excluding tert-OH is 1. The lowest BCUT2D eigenvalue weighted by Crippen LogP contribution is -2.31. The lowest BCUT2D eigenvalue weighted by Gasteiger charge is -2.20. The quantitative estimate of drug-likeness (QED) is 0.835. The van der Waals surface area contributed by atoms with Crippen LogP contribution in [0, 0.1) is 11.8 Å². The monoisotopic (exact) mass is 286 g/mol. The smallest absolute Gasteiger partial charge is 0.273 e. The number of halogens is 1. The van der Waals surface area contributed by atoms with Gasteiger partial charge in [0.25, 0.3) is 5.91 Å². The minimum absolute atomic E-state index is 0.0962. The maximum absolute atomic E-state index is 12.3. The number of nitrogens with one attached hydrogen (secondary N) is 1. The van der Waals surface area contributed by atoms with Gasteiger partial charge in [0.1, 0.15) is 5.69 Å². The molecule has 1 amide bonds. The molecule has 106 valence electrons. The molecule has 1 fully saturated rings. The third-order valence-electron chi connectivity index (χ3n) is 3.50. The van der Waals surface area contributed by atoms with Crippen LogP contribution in [0.5, 0.6) is 0 Å². The van der Waals surface area contributed by atoms with E-state index in [-0.39, 0.29) is 24.3 Å². The number of carbonyl (C=O) groups is 1. The van der Waals surface area contributed by atoms with Crippen LogP contribution in [-0.4, -0.2) is 71.3 Å². The first kappa shape index (κ1) is 14.3. The van der Waals surface area contributed by atoms with Gasteiger partial charge in [-0.3, -0.25) is 9.89 Å². The van der Waals surface area contributed by atoms with E-state index in [0.29, 0.717) is 23.8 Å². The van der Waals surface area contributed by atoms with Crippen LogP contribution in [-0.2, 0) is 0 Å². The van der Waals surface area contributed by atoms with Crippen LogP contribution in [0.2, 0.25) is 5.02 Å². The number of hydrogen-bond donors (Lipinski definition) is 2. The first-order valence-corrected chi connectivity index (χ1v) is 6.64. The maximum atomic E-state index is 12.3. The number of aromatic amines is 1. The normalized spacial score (nSPS) is 23.3. The Labute approximate surface area is 117 Å². The van der Waals surface area contributed by atoms with E-state index in [1.807, 2.05) is 14.1 Å². The molecule has 2 rings (SSSR count). The second-order valence-corrected chi connectivity index (χ2v) is 5.68. The second-order valence-electron chi connectivity index (χ2n) is 5.27. The number of likely N-dealkylation sites (tertiary alicyclic amines) is 1. The Balaban J connectivity index is 2.07. The highest BCUT2D eigenvalue weighted by atomic mass is 35.5. The third-order valence-corrected chi connectivity index (χ3v) is 3.79. The average Bonchev–Trinajstić information content (AvgIpc) is 2.94. The summed E-state index contributed by atoms with van der Waals surface area (Å²) in [7, 11) is 3.98. The van der Waals surface area contributed by atoms with Crippen LogP contribution >= 0.6 is 11.6 Å². The molecule has 1 aliphatic heterocycles. The Morgan fingerprint density at radius 2 is 2.26 bits per heavy atom. The first-order chi connectivity index (χ1) is 9.02. The van der Waals surface area contributed by atoms with Crippen LogP contribution in [0.25, 0.3) is 0 Å². The van der Waals surface area contributed by atoms with E-state index >= 15 is 0 Å². The standard InChI is InChI=1S/C12H19ClN4O2/c1-16(2)4-8-5-17(6-9(8)7-18)12(19)11-10(13)3-14-15-11/h3,8-9,18H,4-7H2,1-2H3,(H,14,15)/t8-,9-/m1/s1. The maximum Gasteiger partial charge on any atom is 0.273 e. The lowest BCUT2D eigenvalue weighted by atomic mass is 9.97. The zero-order valence-electron chi connectivity index (χ0n) is 11.1. The Morgan fingerprint density at radius 3 is 2.79 bits per heavy atom. The summed E-state index contributed by atoms with van der Waals surface area (Å²) in [6, 6.07) is 0. The van der Waals surface area contributed by atoms with Crippen molar-refractivity contribution >= 4 is 17.5 Å². The number of H-pyrrole nitrogens is 1. The number of hydrogen-bond acceptors (Lipinski definition) is 4. The molecule has 0 saturated carbocycles. The van der Waals surface area contributed by atoms with E-state index in [1.165, 1.54) is 6.20 Å². The largest absolute Gasteiger partial charge is 0.396 e. The summed E-state index contributed by atoms with van der Waals surface area (Å²) in [6.45, 7) is 2.14. The molecule has 0 aromatic carbocycles. The van der Waals surface area contributed by atoms with Crippen molar-refractivity contribution < 1.29 is 9.90 Å². The molecular weight excluding hydrogens is 268 g/mol. The van der Waals surface area contributed by atoms with Gasteiger partial charge in [-0.1, -0.05) is 11.6 Å². The van der Waals surface area contributed by atoms with Crippen molar-refractivity contribution in [1.29, 1.82) is 0 Å². The fourth-order valence-corrected chi connectivity index (χ4v) is 2.74. The predicted molar refractivity (Wildman–Crippen MR) is 72.1 cm³/mol. The minimum Gasteiger partial charge on any atom is -0.396 e. The summed E-state index contributed by atoms with van der Waals surface area (Å²) in [5.74, 6) is 0.251. The molecule has 7 heteroatoms. The number of amides is 1. The van der Waals surface area contributed by atoms with Crippen molar-refractivity contribution in [2.24, 2.45) is 11.8 Å². The number of aliphatic hydroxyl groups is 1. The fourth-order valence-electron chi connectivity index (χ4n) is 2.57. The molecule has 6 nitrogen and oxygen atoms in total. The molecule has 0 radical (unpaired) electrons. The summed E-state index contributed by atoms with van der Waals surface area (Å²) in [5.41, 5.74) is 0.323. The van der Waals surface area contributed by atoms with E-state index in [4.69, 9.17) is 11.6 Å². The molecule has 2 atom stereocenters. The zero-order valence-corrected chi connectivity index (χ0v) is 11.9. The number of rotatable bonds is 4. The second kappa shape index (κ2) is 5.90. The molecule has 0 bridgehead atoms. The van der Waals surface area contributed by atoms with Crippen LogP contribution < -0.4 is 0 Å². The Kier molecular flexibility index (Phi) is 4.44. The summed E-state index contributed by atoms with van der Waals surface area (Å²) >= 11 is 5.91. The van der Waals surface area contributed by atoms with Gasteiger partial charge in [0.2, 0.25) is 0 Å². The van der Waals surface area contributed by atoms with E-state index in [2.05, 4.69) is 15.1 Å². The molecule has 0 aliphatic carbocycles. The molecular formula is C12H19ClN4O2. The van der Waals surface area contributed by atoms with Crippen LogP contribution in [0.15, 0.2) is 6.20 Å². The zero-order chi connectivity index (χ0) is 14.0. The average molecular weight is 287 g/mol. The van der Waals surface area contributed by atoms with Gasteiger partial charge < -0.3 is 14.9 Å². The first-order valence-electron chi connectivity index (χ1n) is 6.26.